The van der Waals surface area contributed by atoms with Gasteiger partial charge in [-0.1, -0.05) is 17.3 Å². The number of halogens is 4. The lowest BCUT2D eigenvalue weighted by Gasteiger charge is -2.31. The number of hydrogen-bond acceptors (Lipinski definition) is 6. The molecule has 1 aliphatic rings. The second-order valence-corrected chi connectivity index (χ2v) is 11.1. The minimum Gasteiger partial charge on any atom is -0.494 e. The maximum Gasteiger partial charge on any atom is 0.418 e. The Morgan fingerprint density at radius 3 is 2.39 bits per heavy atom. The Balaban J connectivity index is 1.44. The quantitative estimate of drug-likeness (QED) is 0.235. The number of nitrogens with one attached hydrogen (secondary N) is 1. The van der Waals surface area contributed by atoms with Crippen LogP contribution in [-0.4, -0.2) is 57.4 Å². The van der Waals surface area contributed by atoms with Crippen molar-refractivity contribution in [2.45, 2.75) is 19.3 Å². The molecule has 3 aromatic heterocycles. The van der Waals surface area contributed by atoms with Crippen LogP contribution in [0.25, 0.3) is 38.8 Å². The molecule has 1 saturated heterocycles. The number of aryl methyl sites for hydroxylation is 2. The van der Waals surface area contributed by atoms with Crippen molar-refractivity contribution in [2.75, 3.05) is 38.2 Å². The smallest absolute Gasteiger partial charge is 0.418 e. The molecule has 0 radical (unpaired) electrons. The van der Waals surface area contributed by atoms with Crippen LogP contribution in [0.15, 0.2) is 83.9 Å². The third-order valence-electron chi connectivity index (χ3n) is 8.38. The molecule has 0 bridgehead atoms. The van der Waals surface area contributed by atoms with Gasteiger partial charge in [-0.05, 0) is 65.7 Å². The van der Waals surface area contributed by atoms with Crippen LogP contribution in [0.1, 0.15) is 5.56 Å². The molecule has 0 atom stereocenters. The summed E-state index contributed by atoms with van der Waals surface area (Å²) in [6.07, 6.45) is -0.854. The van der Waals surface area contributed by atoms with Crippen LogP contribution in [0.3, 0.4) is 0 Å². The standard InChI is InChI=1S/C33H29F4N7O2/c1-46-29-9-5-22(19-26(29)34)21-4-7-27-24(18-21)31-30(32(45)43(27)17-16-41-12-2-3-13-41)39-40-44(31)23-6-8-28(25(20-23)33(35,36)37)42-14-10-38-11-15-42/h2-9,12-13,18-20,38H,10-11,14-17H2,1H3. The fourth-order valence-corrected chi connectivity index (χ4v) is 6.09. The van der Waals surface area contributed by atoms with Gasteiger partial charge in [-0.25, -0.2) is 9.07 Å². The van der Waals surface area contributed by atoms with Gasteiger partial charge < -0.3 is 24.1 Å². The second kappa shape index (κ2) is 11.6. The van der Waals surface area contributed by atoms with Gasteiger partial charge in [-0.3, -0.25) is 4.79 Å². The number of pyridine rings is 1. The summed E-state index contributed by atoms with van der Waals surface area (Å²) < 4.78 is 67.9. The van der Waals surface area contributed by atoms with Crippen LogP contribution < -0.4 is 20.5 Å². The molecular weight excluding hydrogens is 602 g/mol. The van der Waals surface area contributed by atoms with Crippen LogP contribution >= 0.6 is 0 Å². The van der Waals surface area contributed by atoms with Crippen molar-refractivity contribution in [3.63, 3.8) is 0 Å². The predicted molar refractivity (Wildman–Crippen MR) is 167 cm³/mol. The first-order valence-electron chi connectivity index (χ1n) is 14.8. The van der Waals surface area contributed by atoms with Gasteiger partial charge in [0.2, 0.25) is 0 Å². The van der Waals surface area contributed by atoms with Crippen LogP contribution in [0, 0.1) is 5.82 Å². The molecule has 3 aromatic carbocycles. The first-order valence-corrected chi connectivity index (χ1v) is 14.8. The molecule has 7 rings (SSSR count). The normalized spacial score (nSPS) is 14.0. The molecule has 0 unspecified atom stereocenters. The van der Waals surface area contributed by atoms with E-state index in [2.05, 4.69) is 15.6 Å². The molecule has 13 heteroatoms. The highest BCUT2D eigenvalue weighted by Crippen LogP contribution is 2.39. The number of hydrogen-bond donors (Lipinski definition) is 1. The van der Waals surface area contributed by atoms with Crippen molar-refractivity contribution in [3.05, 3.63) is 101 Å². The molecule has 0 aliphatic carbocycles. The molecule has 1 aliphatic heterocycles. The second-order valence-electron chi connectivity index (χ2n) is 11.1. The average Bonchev–Trinajstić information content (AvgIpc) is 3.75. The summed E-state index contributed by atoms with van der Waals surface area (Å²) in [6, 6.07) is 17.7. The van der Waals surface area contributed by atoms with Gasteiger partial charge in [0, 0.05) is 62.7 Å². The van der Waals surface area contributed by atoms with Gasteiger partial charge in [-0.15, -0.1) is 5.10 Å². The minimum atomic E-state index is -4.63. The number of aromatic nitrogens is 5. The Kier molecular flexibility index (Phi) is 7.47. The fraction of sp³-hybridized carbons (Fsp3) is 0.242. The highest BCUT2D eigenvalue weighted by Gasteiger charge is 2.36. The zero-order valence-electron chi connectivity index (χ0n) is 24.8. The number of nitrogens with zero attached hydrogens (tertiary/aromatic N) is 6. The largest absolute Gasteiger partial charge is 0.494 e. The molecule has 46 heavy (non-hydrogen) atoms. The van der Waals surface area contributed by atoms with Crippen molar-refractivity contribution in [2.24, 2.45) is 0 Å². The summed E-state index contributed by atoms with van der Waals surface area (Å²) in [5.74, 6) is -0.448. The Morgan fingerprint density at radius 1 is 0.935 bits per heavy atom. The van der Waals surface area contributed by atoms with E-state index >= 15 is 0 Å². The Hall–Kier alpha value is -5.17. The number of benzene rings is 3. The van der Waals surface area contributed by atoms with Crippen LogP contribution in [-0.2, 0) is 19.3 Å². The van der Waals surface area contributed by atoms with Gasteiger partial charge in [0.05, 0.1) is 23.9 Å². The molecule has 4 heterocycles. The number of alkyl halides is 3. The molecule has 236 valence electrons. The summed E-state index contributed by atoms with van der Waals surface area (Å²) in [6.45, 7) is 2.84. The summed E-state index contributed by atoms with van der Waals surface area (Å²) in [7, 11) is 1.38. The van der Waals surface area contributed by atoms with Crippen molar-refractivity contribution in [1.29, 1.82) is 0 Å². The number of methoxy groups -OCH3 is 1. The first-order chi connectivity index (χ1) is 22.2. The maximum absolute atomic E-state index is 14.7. The molecule has 0 saturated carbocycles. The van der Waals surface area contributed by atoms with Crippen molar-refractivity contribution in [1.82, 2.24) is 29.4 Å². The molecule has 1 fully saturated rings. The zero-order chi connectivity index (χ0) is 32.0. The minimum absolute atomic E-state index is 0.0119. The van der Waals surface area contributed by atoms with E-state index in [9.17, 15) is 22.4 Å². The Labute approximate surface area is 260 Å². The van der Waals surface area contributed by atoms with Gasteiger partial charge in [-0.2, -0.15) is 13.2 Å². The summed E-state index contributed by atoms with van der Waals surface area (Å²) in [5.41, 5.74) is 0.977. The molecular formula is C33H29F4N7O2. The molecule has 0 amide bonds. The van der Waals surface area contributed by atoms with Crippen LogP contribution in [0.4, 0.5) is 23.2 Å². The number of piperazine rings is 1. The van der Waals surface area contributed by atoms with E-state index in [-0.39, 0.29) is 28.2 Å². The number of anilines is 1. The highest BCUT2D eigenvalue weighted by atomic mass is 19.4. The molecule has 6 aromatic rings. The van der Waals surface area contributed by atoms with E-state index in [4.69, 9.17) is 4.74 Å². The van der Waals surface area contributed by atoms with Gasteiger partial charge in [0.15, 0.2) is 17.1 Å². The Bertz CT molecular complexity index is 2110. The van der Waals surface area contributed by atoms with Crippen LogP contribution in [0.2, 0.25) is 0 Å². The summed E-state index contributed by atoms with van der Waals surface area (Å²) in [4.78, 5) is 15.6. The first kappa shape index (κ1) is 29.5. The van der Waals surface area contributed by atoms with E-state index in [0.29, 0.717) is 61.3 Å². The molecule has 0 spiro atoms. The van der Waals surface area contributed by atoms with Crippen molar-refractivity contribution >= 4 is 27.6 Å². The zero-order valence-corrected chi connectivity index (χ0v) is 24.8. The van der Waals surface area contributed by atoms with E-state index in [1.165, 1.54) is 30.0 Å². The topological polar surface area (TPSA) is 82.1 Å². The Morgan fingerprint density at radius 2 is 1.67 bits per heavy atom. The van der Waals surface area contributed by atoms with Crippen molar-refractivity contribution < 1.29 is 22.3 Å². The molecule has 1 N–H and O–H groups in total. The third-order valence-corrected chi connectivity index (χ3v) is 8.38. The van der Waals surface area contributed by atoms with E-state index in [1.807, 2.05) is 29.1 Å². The van der Waals surface area contributed by atoms with Crippen LogP contribution in [0.5, 0.6) is 5.75 Å². The predicted octanol–water partition coefficient (Wildman–Crippen LogP) is 5.48. The SMILES string of the molecule is COc1ccc(-c2ccc3c(c2)c2c(nnn2-c2ccc(N4CCNCC4)c(C(F)(F)F)c2)c(=O)n3CCn2cccc2)cc1F. The fourth-order valence-electron chi connectivity index (χ4n) is 6.09. The lowest BCUT2D eigenvalue weighted by atomic mass is 10.0. The van der Waals surface area contributed by atoms with E-state index < -0.39 is 23.1 Å². The highest BCUT2D eigenvalue weighted by molar-refractivity contribution is 6.04. The number of rotatable bonds is 7. The lowest BCUT2D eigenvalue weighted by Crippen LogP contribution is -2.44. The van der Waals surface area contributed by atoms with Gasteiger partial charge >= 0.3 is 6.18 Å². The van der Waals surface area contributed by atoms with Gasteiger partial charge in [0.25, 0.3) is 5.56 Å². The average molecular weight is 632 g/mol. The number of fused-ring (bicyclic) bond motifs is 3. The summed E-state index contributed by atoms with van der Waals surface area (Å²) >= 11 is 0. The molecule has 9 nitrogen and oxygen atoms in total. The van der Waals surface area contributed by atoms with Crippen molar-refractivity contribution in [3.8, 4) is 22.6 Å². The third kappa shape index (κ3) is 5.26. The summed E-state index contributed by atoms with van der Waals surface area (Å²) in [5, 5.41) is 12.1. The maximum atomic E-state index is 14.7. The van der Waals surface area contributed by atoms with E-state index in [1.54, 1.807) is 39.8 Å². The lowest BCUT2D eigenvalue weighted by molar-refractivity contribution is -0.137. The monoisotopic (exact) mass is 631 g/mol. The van der Waals surface area contributed by atoms with E-state index in [0.717, 1.165) is 6.07 Å². The van der Waals surface area contributed by atoms with Gasteiger partial charge in [0.1, 0.15) is 5.52 Å². The number of ether oxygens (including phenoxy) is 1.